The lowest BCUT2D eigenvalue weighted by Gasteiger charge is -2.24. The maximum absolute atomic E-state index is 12.4. The maximum atomic E-state index is 12.4. The van der Waals surface area contributed by atoms with Crippen LogP contribution >= 0.6 is 11.3 Å². The van der Waals surface area contributed by atoms with E-state index in [9.17, 15) is 14.7 Å². The number of ether oxygens (including phenoxy) is 1. The van der Waals surface area contributed by atoms with E-state index in [2.05, 4.69) is 5.32 Å². The number of aryl methyl sites for hydroxylation is 2. The van der Waals surface area contributed by atoms with Crippen LogP contribution in [0.15, 0.2) is 6.07 Å². The van der Waals surface area contributed by atoms with E-state index in [4.69, 9.17) is 4.74 Å². The molecule has 2 N–H and O–H groups in total. The van der Waals surface area contributed by atoms with Crippen LogP contribution in [-0.2, 0) is 22.4 Å². The summed E-state index contributed by atoms with van der Waals surface area (Å²) in [6.45, 7) is 1.39. The molecule has 2 rings (SSSR count). The van der Waals surface area contributed by atoms with Gasteiger partial charge in [0.05, 0.1) is 11.5 Å². The van der Waals surface area contributed by atoms with Gasteiger partial charge in [0, 0.05) is 12.0 Å². The van der Waals surface area contributed by atoms with Crippen LogP contribution in [0.25, 0.3) is 0 Å². The van der Waals surface area contributed by atoms with Gasteiger partial charge < -0.3 is 15.2 Å². The number of aliphatic carboxylic acids is 1. The first-order valence-corrected chi connectivity index (χ1v) is 8.44. The van der Waals surface area contributed by atoms with Crippen molar-refractivity contribution >= 4 is 23.2 Å². The number of nitrogens with one attached hydrogen (secondary N) is 1. The highest BCUT2D eigenvalue weighted by molar-refractivity contribution is 7.14. The van der Waals surface area contributed by atoms with Crippen molar-refractivity contribution in [3.8, 4) is 0 Å². The van der Waals surface area contributed by atoms with E-state index >= 15 is 0 Å². The molecule has 1 atom stereocenters. The standard InChI is InChI=1S/C16H23NO4S/c1-16(10-21-2,15(19)20)17-14(18)13-9-11-7-5-3-4-6-8-12(11)22-13/h9H,3-8,10H2,1-2H3,(H,17,18)(H,19,20). The largest absolute Gasteiger partial charge is 0.479 e. The molecule has 6 heteroatoms. The molecule has 1 unspecified atom stereocenters. The average molecular weight is 325 g/mol. The molecule has 1 aromatic heterocycles. The molecule has 0 spiro atoms. The van der Waals surface area contributed by atoms with Gasteiger partial charge in [0.15, 0.2) is 5.54 Å². The molecule has 22 heavy (non-hydrogen) atoms. The summed E-state index contributed by atoms with van der Waals surface area (Å²) >= 11 is 1.49. The number of amides is 1. The van der Waals surface area contributed by atoms with Crippen LogP contribution in [0.3, 0.4) is 0 Å². The van der Waals surface area contributed by atoms with Crippen LogP contribution in [0.4, 0.5) is 0 Å². The minimum absolute atomic E-state index is 0.0703. The number of hydrogen-bond donors (Lipinski definition) is 2. The number of carbonyl (C=O) groups is 2. The third-order valence-electron chi connectivity index (χ3n) is 4.01. The van der Waals surface area contributed by atoms with Crippen LogP contribution in [0, 0.1) is 0 Å². The van der Waals surface area contributed by atoms with Gasteiger partial charge in [-0.1, -0.05) is 12.8 Å². The Morgan fingerprint density at radius 2 is 2.00 bits per heavy atom. The molecule has 5 nitrogen and oxygen atoms in total. The number of carboxylic acid groups (broad SMARTS) is 1. The molecule has 0 saturated heterocycles. The lowest BCUT2D eigenvalue weighted by atomic mass is 9.99. The van der Waals surface area contributed by atoms with Gasteiger partial charge in [-0.25, -0.2) is 4.79 Å². The Bertz CT molecular complexity index is 529. The highest BCUT2D eigenvalue weighted by atomic mass is 32.1. The van der Waals surface area contributed by atoms with E-state index in [1.54, 1.807) is 0 Å². The second kappa shape index (κ2) is 7.24. The third kappa shape index (κ3) is 3.87. The van der Waals surface area contributed by atoms with Crippen LogP contribution in [0.2, 0.25) is 0 Å². The zero-order valence-electron chi connectivity index (χ0n) is 13.1. The smallest absolute Gasteiger partial charge is 0.331 e. The first kappa shape index (κ1) is 17.0. The fourth-order valence-electron chi connectivity index (χ4n) is 2.71. The number of carboxylic acids is 1. The van der Waals surface area contributed by atoms with Gasteiger partial charge in [0.1, 0.15) is 0 Å². The molecule has 122 valence electrons. The Balaban J connectivity index is 2.15. The van der Waals surface area contributed by atoms with Crippen molar-refractivity contribution in [2.24, 2.45) is 0 Å². The number of methoxy groups -OCH3 is 1. The number of fused-ring (bicyclic) bond motifs is 1. The predicted octanol–water partition coefficient (Wildman–Crippen LogP) is 2.63. The molecule has 1 heterocycles. The van der Waals surface area contributed by atoms with Gasteiger partial charge in [0.25, 0.3) is 5.91 Å². The van der Waals surface area contributed by atoms with E-state index in [0.717, 1.165) is 25.7 Å². The molecular weight excluding hydrogens is 302 g/mol. The summed E-state index contributed by atoms with van der Waals surface area (Å²) in [6, 6.07) is 1.93. The van der Waals surface area contributed by atoms with Gasteiger partial charge in [-0.2, -0.15) is 0 Å². The fourth-order valence-corrected chi connectivity index (χ4v) is 3.86. The van der Waals surface area contributed by atoms with Gasteiger partial charge in [-0.05, 0) is 44.2 Å². The molecule has 1 amide bonds. The lowest BCUT2D eigenvalue weighted by Crippen LogP contribution is -2.55. The molecule has 1 aliphatic carbocycles. The van der Waals surface area contributed by atoms with Crippen LogP contribution < -0.4 is 5.32 Å². The summed E-state index contributed by atoms with van der Waals surface area (Å²) in [7, 11) is 1.42. The summed E-state index contributed by atoms with van der Waals surface area (Å²) in [4.78, 5) is 25.6. The number of carbonyl (C=O) groups excluding carboxylic acids is 1. The van der Waals surface area contributed by atoms with E-state index < -0.39 is 11.5 Å². The van der Waals surface area contributed by atoms with Gasteiger partial charge in [-0.15, -0.1) is 11.3 Å². The first-order chi connectivity index (χ1) is 10.5. The SMILES string of the molecule is COCC(C)(NC(=O)c1cc2c(s1)CCCCCC2)C(=O)O. The summed E-state index contributed by atoms with van der Waals surface area (Å²) < 4.78 is 4.93. The summed E-state index contributed by atoms with van der Waals surface area (Å²) in [6.07, 6.45) is 6.81. The molecule has 0 saturated carbocycles. The predicted molar refractivity (Wildman–Crippen MR) is 85.6 cm³/mol. The van der Waals surface area contributed by atoms with Gasteiger partial charge in [-0.3, -0.25) is 4.79 Å². The fraction of sp³-hybridized carbons (Fsp3) is 0.625. The van der Waals surface area contributed by atoms with Gasteiger partial charge in [0.2, 0.25) is 0 Å². The molecule has 1 aliphatic rings. The van der Waals surface area contributed by atoms with Crippen molar-refractivity contribution in [2.75, 3.05) is 13.7 Å². The van der Waals surface area contributed by atoms with E-state index in [1.165, 1.54) is 48.7 Å². The van der Waals surface area contributed by atoms with Crippen molar-refractivity contribution < 1.29 is 19.4 Å². The quantitative estimate of drug-likeness (QED) is 0.872. The maximum Gasteiger partial charge on any atom is 0.331 e. The summed E-state index contributed by atoms with van der Waals surface area (Å²) in [5.41, 5.74) is -0.164. The number of hydrogen-bond acceptors (Lipinski definition) is 4. The van der Waals surface area contributed by atoms with Crippen LogP contribution in [-0.4, -0.2) is 36.2 Å². The molecule has 0 fully saturated rings. The summed E-state index contributed by atoms with van der Waals surface area (Å²) in [5.74, 6) is -1.43. The minimum atomic E-state index is -1.41. The Kier molecular flexibility index (Phi) is 5.58. The number of rotatable bonds is 5. The van der Waals surface area contributed by atoms with Gasteiger partial charge >= 0.3 is 5.97 Å². The molecular formula is C16H23NO4S. The van der Waals surface area contributed by atoms with Crippen LogP contribution in [0.1, 0.15) is 52.7 Å². The van der Waals surface area contributed by atoms with Crippen molar-refractivity contribution in [2.45, 2.75) is 51.0 Å². The first-order valence-electron chi connectivity index (χ1n) is 7.63. The topological polar surface area (TPSA) is 75.6 Å². The number of thiophene rings is 1. The van der Waals surface area contributed by atoms with Crippen molar-refractivity contribution in [3.05, 3.63) is 21.4 Å². The Morgan fingerprint density at radius 1 is 1.32 bits per heavy atom. The monoisotopic (exact) mass is 325 g/mol. The molecule has 0 aromatic carbocycles. The Hall–Kier alpha value is -1.40. The summed E-state index contributed by atoms with van der Waals surface area (Å²) in [5, 5.41) is 11.9. The van der Waals surface area contributed by atoms with Crippen molar-refractivity contribution in [1.82, 2.24) is 5.32 Å². The zero-order valence-corrected chi connectivity index (χ0v) is 13.9. The van der Waals surface area contributed by atoms with E-state index in [-0.39, 0.29) is 12.5 Å². The minimum Gasteiger partial charge on any atom is -0.479 e. The highest BCUT2D eigenvalue weighted by Gasteiger charge is 2.35. The van der Waals surface area contributed by atoms with E-state index in [1.807, 2.05) is 6.07 Å². The average Bonchev–Trinajstić information content (AvgIpc) is 2.81. The Morgan fingerprint density at radius 3 is 2.64 bits per heavy atom. The molecule has 0 bridgehead atoms. The second-order valence-corrected chi connectivity index (χ2v) is 7.13. The van der Waals surface area contributed by atoms with E-state index in [0.29, 0.717) is 4.88 Å². The van der Waals surface area contributed by atoms with Crippen molar-refractivity contribution in [3.63, 3.8) is 0 Å². The van der Waals surface area contributed by atoms with Crippen molar-refractivity contribution in [1.29, 1.82) is 0 Å². The normalized spacial score (nSPS) is 17.7. The second-order valence-electron chi connectivity index (χ2n) is 6.00. The zero-order chi connectivity index (χ0) is 16.2. The Labute approximate surface area is 134 Å². The lowest BCUT2D eigenvalue weighted by molar-refractivity contribution is -0.145. The van der Waals surface area contributed by atoms with Crippen LogP contribution in [0.5, 0.6) is 0 Å². The third-order valence-corrected chi connectivity index (χ3v) is 5.25. The molecule has 0 aliphatic heterocycles. The highest BCUT2D eigenvalue weighted by Crippen LogP contribution is 2.28. The molecule has 1 aromatic rings. The molecule has 0 radical (unpaired) electrons.